The molecule has 90 valence electrons. The SMILES string of the molecule is COc1cccc(C(CCN)C(F)(F)F)c1. The number of benzene rings is 1. The highest BCUT2D eigenvalue weighted by molar-refractivity contribution is 5.31. The molecule has 1 aromatic rings. The number of methoxy groups -OCH3 is 1. The minimum Gasteiger partial charge on any atom is -0.497 e. The molecule has 0 aliphatic carbocycles. The Bertz CT molecular complexity index is 338. The molecule has 2 nitrogen and oxygen atoms in total. The van der Waals surface area contributed by atoms with E-state index in [9.17, 15) is 13.2 Å². The zero-order valence-electron chi connectivity index (χ0n) is 8.92. The van der Waals surface area contributed by atoms with Crippen molar-refractivity contribution in [3.05, 3.63) is 29.8 Å². The predicted molar refractivity (Wildman–Crippen MR) is 55.5 cm³/mol. The normalized spacial score (nSPS) is 13.6. The van der Waals surface area contributed by atoms with Gasteiger partial charge in [0.2, 0.25) is 0 Å². The lowest BCUT2D eigenvalue weighted by Gasteiger charge is -2.20. The summed E-state index contributed by atoms with van der Waals surface area (Å²) in [7, 11) is 1.42. The third-order valence-electron chi connectivity index (χ3n) is 2.35. The molecule has 16 heavy (non-hydrogen) atoms. The molecule has 0 saturated carbocycles. The highest BCUT2D eigenvalue weighted by atomic mass is 19.4. The Balaban J connectivity index is 3.01. The Morgan fingerprint density at radius 1 is 1.38 bits per heavy atom. The summed E-state index contributed by atoms with van der Waals surface area (Å²) in [5.74, 6) is -1.10. The second-order valence-corrected chi connectivity index (χ2v) is 3.45. The van der Waals surface area contributed by atoms with Crippen LogP contribution in [-0.4, -0.2) is 19.8 Å². The van der Waals surface area contributed by atoms with Gasteiger partial charge in [-0.3, -0.25) is 0 Å². The molecule has 0 aliphatic rings. The Morgan fingerprint density at radius 3 is 2.56 bits per heavy atom. The van der Waals surface area contributed by atoms with Gasteiger partial charge in [-0.25, -0.2) is 0 Å². The van der Waals surface area contributed by atoms with E-state index in [1.165, 1.54) is 19.2 Å². The molecule has 0 radical (unpaired) electrons. The maximum atomic E-state index is 12.7. The van der Waals surface area contributed by atoms with Crippen molar-refractivity contribution >= 4 is 0 Å². The Labute approximate surface area is 92.2 Å². The lowest BCUT2D eigenvalue weighted by atomic mass is 9.95. The van der Waals surface area contributed by atoms with Gasteiger partial charge in [0.05, 0.1) is 13.0 Å². The highest BCUT2D eigenvalue weighted by Crippen LogP contribution is 2.37. The predicted octanol–water partition coefficient (Wildman–Crippen LogP) is 2.69. The van der Waals surface area contributed by atoms with Crippen LogP contribution in [0, 0.1) is 0 Å². The van der Waals surface area contributed by atoms with Gasteiger partial charge < -0.3 is 10.5 Å². The van der Waals surface area contributed by atoms with E-state index in [-0.39, 0.29) is 18.5 Å². The second kappa shape index (κ2) is 5.21. The highest BCUT2D eigenvalue weighted by Gasteiger charge is 2.39. The summed E-state index contributed by atoms with van der Waals surface area (Å²) in [6.07, 6.45) is -4.39. The van der Waals surface area contributed by atoms with Crippen LogP contribution in [0.4, 0.5) is 13.2 Å². The number of nitrogens with two attached hydrogens (primary N) is 1. The summed E-state index contributed by atoms with van der Waals surface area (Å²) < 4.78 is 43.1. The first-order valence-electron chi connectivity index (χ1n) is 4.89. The third kappa shape index (κ3) is 3.13. The monoisotopic (exact) mass is 233 g/mol. The molecule has 1 unspecified atom stereocenters. The Kier molecular flexibility index (Phi) is 4.18. The topological polar surface area (TPSA) is 35.2 Å². The van der Waals surface area contributed by atoms with Crippen LogP contribution in [0.5, 0.6) is 5.75 Å². The molecule has 0 aromatic heterocycles. The summed E-state index contributed by atoms with van der Waals surface area (Å²) in [6.45, 7) is 0.00138. The molecule has 0 aliphatic heterocycles. The van der Waals surface area contributed by atoms with Gasteiger partial charge in [0.15, 0.2) is 0 Å². The smallest absolute Gasteiger partial charge is 0.395 e. The van der Waals surface area contributed by atoms with E-state index in [1.54, 1.807) is 12.1 Å². The quantitative estimate of drug-likeness (QED) is 0.867. The number of halogens is 3. The van der Waals surface area contributed by atoms with E-state index in [0.29, 0.717) is 5.75 Å². The van der Waals surface area contributed by atoms with Gasteiger partial charge in [0.1, 0.15) is 5.75 Å². The van der Waals surface area contributed by atoms with Gasteiger partial charge in [-0.2, -0.15) is 13.2 Å². The van der Waals surface area contributed by atoms with E-state index in [0.717, 1.165) is 0 Å². The summed E-state index contributed by atoms with van der Waals surface area (Å²) in [5.41, 5.74) is 5.39. The molecule has 1 aromatic carbocycles. The second-order valence-electron chi connectivity index (χ2n) is 3.45. The maximum Gasteiger partial charge on any atom is 0.395 e. The molecule has 0 saturated heterocycles. The van der Waals surface area contributed by atoms with Crippen LogP contribution < -0.4 is 10.5 Å². The van der Waals surface area contributed by atoms with Crippen LogP contribution in [0.1, 0.15) is 17.9 Å². The summed E-state index contributed by atoms with van der Waals surface area (Å²) in [6, 6.07) is 5.99. The molecule has 1 atom stereocenters. The summed E-state index contributed by atoms with van der Waals surface area (Å²) in [5, 5.41) is 0. The fraction of sp³-hybridized carbons (Fsp3) is 0.455. The minimum absolute atomic E-state index is 0.00138. The van der Waals surface area contributed by atoms with Crippen LogP contribution in [0.2, 0.25) is 0 Å². The van der Waals surface area contributed by atoms with Crippen molar-refractivity contribution in [3.8, 4) is 5.75 Å². The van der Waals surface area contributed by atoms with Gasteiger partial charge in [0.25, 0.3) is 0 Å². The van der Waals surface area contributed by atoms with Crippen LogP contribution in [-0.2, 0) is 0 Å². The number of alkyl halides is 3. The average Bonchev–Trinajstić information content (AvgIpc) is 2.24. The van der Waals surface area contributed by atoms with Crippen molar-refractivity contribution < 1.29 is 17.9 Å². The van der Waals surface area contributed by atoms with Gasteiger partial charge in [0, 0.05) is 0 Å². The molecular weight excluding hydrogens is 219 g/mol. The lowest BCUT2D eigenvalue weighted by molar-refractivity contribution is -0.151. The van der Waals surface area contributed by atoms with Crippen molar-refractivity contribution in [2.45, 2.75) is 18.5 Å². The van der Waals surface area contributed by atoms with Crippen molar-refractivity contribution in [1.82, 2.24) is 0 Å². The summed E-state index contributed by atoms with van der Waals surface area (Å²) >= 11 is 0. The summed E-state index contributed by atoms with van der Waals surface area (Å²) in [4.78, 5) is 0. The first-order valence-corrected chi connectivity index (χ1v) is 4.89. The molecular formula is C11H14F3NO. The van der Waals surface area contributed by atoms with Crippen LogP contribution in [0.25, 0.3) is 0 Å². The van der Waals surface area contributed by atoms with Crippen molar-refractivity contribution in [2.24, 2.45) is 5.73 Å². The number of hydrogen-bond acceptors (Lipinski definition) is 2. The third-order valence-corrected chi connectivity index (χ3v) is 2.35. The van der Waals surface area contributed by atoms with Crippen LogP contribution >= 0.6 is 0 Å². The molecule has 0 heterocycles. The molecule has 0 spiro atoms. The van der Waals surface area contributed by atoms with Gasteiger partial charge in [-0.05, 0) is 30.7 Å². The van der Waals surface area contributed by atoms with Crippen LogP contribution in [0.15, 0.2) is 24.3 Å². The number of ether oxygens (including phenoxy) is 1. The number of hydrogen-bond donors (Lipinski definition) is 1. The maximum absolute atomic E-state index is 12.7. The number of rotatable bonds is 4. The standard InChI is InChI=1S/C11H14F3NO/c1-16-9-4-2-3-8(7-9)10(5-6-15)11(12,13)14/h2-4,7,10H,5-6,15H2,1H3. The van der Waals surface area contributed by atoms with E-state index in [2.05, 4.69) is 0 Å². The van der Waals surface area contributed by atoms with Crippen molar-refractivity contribution in [2.75, 3.05) is 13.7 Å². The molecule has 0 fully saturated rings. The lowest BCUT2D eigenvalue weighted by Crippen LogP contribution is -2.23. The molecule has 2 N–H and O–H groups in total. The fourth-order valence-corrected chi connectivity index (χ4v) is 1.54. The average molecular weight is 233 g/mol. The van der Waals surface area contributed by atoms with Gasteiger partial charge in [-0.15, -0.1) is 0 Å². The Morgan fingerprint density at radius 2 is 2.06 bits per heavy atom. The molecule has 0 amide bonds. The molecule has 1 rings (SSSR count). The first-order chi connectivity index (χ1) is 7.49. The minimum atomic E-state index is -4.27. The van der Waals surface area contributed by atoms with Crippen LogP contribution in [0.3, 0.4) is 0 Å². The fourth-order valence-electron chi connectivity index (χ4n) is 1.54. The van der Waals surface area contributed by atoms with E-state index < -0.39 is 12.1 Å². The van der Waals surface area contributed by atoms with Gasteiger partial charge >= 0.3 is 6.18 Å². The van der Waals surface area contributed by atoms with E-state index in [1.807, 2.05) is 0 Å². The zero-order valence-corrected chi connectivity index (χ0v) is 8.92. The van der Waals surface area contributed by atoms with E-state index in [4.69, 9.17) is 10.5 Å². The van der Waals surface area contributed by atoms with Gasteiger partial charge in [-0.1, -0.05) is 12.1 Å². The van der Waals surface area contributed by atoms with Crippen molar-refractivity contribution in [3.63, 3.8) is 0 Å². The molecule has 5 heteroatoms. The Hall–Kier alpha value is -1.23. The van der Waals surface area contributed by atoms with Crippen molar-refractivity contribution in [1.29, 1.82) is 0 Å². The largest absolute Gasteiger partial charge is 0.497 e. The zero-order chi connectivity index (χ0) is 12.2. The first kappa shape index (κ1) is 12.8. The molecule has 0 bridgehead atoms. The van der Waals surface area contributed by atoms with E-state index >= 15 is 0 Å².